The molecule has 0 unspecified atom stereocenters. The van der Waals surface area contributed by atoms with E-state index < -0.39 is 5.82 Å². The molecule has 0 bridgehead atoms. The molecule has 0 N–H and O–H groups in total. The molecule has 86 valence electrons. The summed E-state index contributed by atoms with van der Waals surface area (Å²) in [5.41, 5.74) is 0.648. The van der Waals surface area contributed by atoms with Crippen LogP contribution in [0.15, 0.2) is 46.9 Å². The van der Waals surface area contributed by atoms with Crippen molar-refractivity contribution in [3.05, 3.63) is 68.9 Å². The maximum absolute atomic E-state index is 13.0. The van der Waals surface area contributed by atoms with Crippen LogP contribution in [0.1, 0.15) is 15.9 Å². The number of rotatable bonds is 2. The van der Waals surface area contributed by atoms with Crippen LogP contribution in [0.2, 0.25) is 5.02 Å². The Labute approximate surface area is 111 Å². The highest BCUT2D eigenvalue weighted by atomic mass is 79.9. The third-order valence-corrected chi connectivity index (χ3v) is 3.07. The van der Waals surface area contributed by atoms with E-state index in [1.807, 2.05) is 0 Å². The molecule has 17 heavy (non-hydrogen) atoms. The van der Waals surface area contributed by atoms with Crippen LogP contribution in [0.3, 0.4) is 0 Å². The van der Waals surface area contributed by atoms with Gasteiger partial charge in [-0.2, -0.15) is 0 Å². The lowest BCUT2D eigenvalue weighted by Crippen LogP contribution is -2.02. The summed E-state index contributed by atoms with van der Waals surface area (Å²) in [6.07, 6.45) is 0. The molecule has 4 heteroatoms. The van der Waals surface area contributed by atoms with Gasteiger partial charge in [-0.1, -0.05) is 39.7 Å². The van der Waals surface area contributed by atoms with E-state index in [9.17, 15) is 9.18 Å². The second-order valence-corrected chi connectivity index (χ2v) is 4.79. The van der Waals surface area contributed by atoms with E-state index >= 15 is 0 Å². The first-order valence-electron chi connectivity index (χ1n) is 4.83. The van der Waals surface area contributed by atoms with E-state index in [0.717, 1.165) is 4.47 Å². The van der Waals surface area contributed by atoms with Crippen LogP contribution in [0.4, 0.5) is 4.39 Å². The van der Waals surface area contributed by atoms with Gasteiger partial charge in [0.05, 0.1) is 5.02 Å². The maximum Gasteiger partial charge on any atom is 0.194 e. The van der Waals surface area contributed by atoms with Crippen LogP contribution in [0, 0.1) is 5.82 Å². The monoisotopic (exact) mass is 312 g/mol. The van der Waals surface area contributed by atoms with Gasteiger partial charge in [0.15, 0.2) is 5.78 Å². The third kappa shape index (κ3) is 2.73. The summed E-state index contributed by atoms with van der Waals surface area (Å²) >= 11 is 9.23. The number of hydrogen-bond acceptors (Lipinski definition) is 1. The van der Waals surface area contributed by atoms with Gasteiger partial charge in [-0.15, -0.1) is 0 Å². The van der Waals surface area contributed by atoms with Gasteiger partial charge in [0.2, 0.25) is 0 Å². The van der Waals surface area contributed by atoms with E-state index in [1.165, 1.54) is 18.2 Å². The summed E-state index contributed by atoms with van der Waals surface area (Å²) in [4.78, 5) is 12.1. The van der Waals surface area contributed by atoms with Gasteiger partial charge >= 0.3 is 0 Å². The molecule has 0 heterocycles. The van der Waals surface area contributed by atoms with Crippen molar-refractivity contribution >= 4 is 33.3 Å². The van der Waals surface area contributed by atoms with Gasteiger partial charge in [-0.3, -0.25) is 4.79 Å². The molecule has 0 aromatic heterocycles. The summed E-state index contributed by atoms with van der Waals surface area (Å²) in [7, 11) is 0. The first-order valence-corrected chi connectivity index (χ1v) is 6.00. The van der Waals surface area contributed by atoms with E-state index in [2.05, 4.69) is 15.9 Å². The SMILES string of the molecule is O=C(c1cccc(F)c1)c1ccc(Br)cc1Cl. The van der Waals surface area contributed by atoms with Gasteiger partial charge in [-0.05, 0) is 30.3 Å². The molecule has 0 aliphatic carbocycles. The molecule has 2 aromatic carbocycles. The lowest BCUT2D eigenvalue weighted by molar-refractivity contribution is 0.103. The van der Waals surface area contributed by atoms with E-state index in [1.54, 1.807) is 24.3 Å². The van der Waals surface area contributed by atoms with Crippen LogP contribution in [-0.2, 0) is 0 Å². The number of halogens is 3. The third-order valence-electron chi connectivity index (χ3n) is 2.26. The van der Waals surface area contributed by atoms with Crippen LogP contribution >= 0.6 is 27.5 Å². The Hall–Kier alpha value is -1.19. The molecule has 0 spiro atoms. The van der Waals surface area contributed by atoms with Gasteiger partial charge in [0.25, 0.3) is 0 Å². The summed E-state index contributed by atoms with van der Waals surface area (Å²) in [6.45, 7) is 0. The minimum Gasteiger partial charge on any atom is -0.289 e. The van der Waals surface area contributed by atoms with Crippen LogP contribution in [0.5, 0.6) is 0 Å². The largest absolute Gasteiger partial charge is 0.289 e. The van der Waals surface area contributed by atoms with Gasteiger partial charge in [0, 0.05) is 15.6 Å². The maximum atomic E-state index is 13.0. The number of ketones is 1. The van der Waals surface area contributed by atoms with Crippen molar-refractivity contribution in [1.82, 2.24) is 0 Å². The predicted octanol–water partition coefficient (Wildman–Crippen LogP) is 4.47. The normalized spacial score (nSPS) is 10.3. The van der Waals surface area contributed by atoms with Crippen molar-refractivity contribution in [2.75, 3.05) is 0 Å². The van der Waals surface area contributed by atoms with Crippen molar-refractivity contribution in [3.63, 3.8) is 0 Å². The molecular formula is C13H7BrClFO. The predicted molar refractivity (Wildman–Crippen MR) is 69.0 cm³/mol. The number of carbonyl (C=O) groups is 1. The molecule has 0 aliphatic heterocycles. The molecule has 0 saturated carbocycles. The Balaban J connectivity index is 2.44. The Morgan fingerprint density at radius 1 is 1.18 bits per heavy atom. The van der Waals surface area contributed by atoms with Crippen molar-refractivity contribution in [2.24, 2.45) is 0 Å². The van der Waals surface area contributed by atoms with E-state index in [-0.39, 0.29) is 11.3 Å². The average molecular weight is 314 g/mol. The average Bonchev–Trinajstić information content (AvgIpc) is 2.28. The Bertz CT molecular complexity index is 583. The highest BCUT2D eigenvalue weighted by molar-refractivity contribution is 9.10. The highest BCUT2D eigenvalue weighted by Crippen LogP contribution is 2.23. The molecule has 0 saturated heterocycles. The molecule has 0 amide bonds. The zero-order valence-corrected chi connectivity index (χ0v) is 10.9. The second kappa shape index (κ2) is 4.98. The fourth-order valence-corrected chi connectivity index (χ4v) is 2.22. The van der Waals surface area contributed by atoms with Crippen LogP contribution < -0.4 is 0 Å². The highest BCUT2D eigenvalue weighted by Gasteiger charge is 2.13. The molecule has 0 atom stereocenters. The number of benzene rings is 2. The van der Waals surface area contributed by atoms with Gasteiger partial charge < -0.3 is 0 Å². The van der Waals surface area contributed by atoms with E-state index in [0.29, 0.717) is 10.6 Å². The zero-order chi connectivity index (χ0) is 12.4. The number of hydrogen-bond donors (Lipinski definition) is 0. The fraction of sp³-hybridized carbons (Fsp3) is 0. The van der Waals surface area contributed by atoms with Crippen LogP contribution in [-0.4, -0.2) is 5.78 Å². The van der Waals surface area contributed by atoms with Crippen molar-refractivity contribution < 1.29 is 9.18 Å². The van der Waals surface area contributed by atoms with Gasteiger partial charge in [0.1, 0.15) is 5.82 Å². The second-order valence-electron chi connectivity index (χ2n) is 3.46. The minimum absolute atomic E-state index is 0.286. The lowest BCUT2D eigenvalue weighted by atomic mass is 10.0. The molecule has 0 radical (unpaired) electrons. The number of carbonyl (C=O) groups excluding carboxylic acids is 1. The van der Waals surface area contributed by atoms with E-state index in [4.69, 9.17) is 11.6 Å². The summed E-state index contributed by atoms with van der Waals surface area (Å²) in [5.74, 6) is -0.730. The first kappa shape index (κ1) is 12.3. The first-order chi connectivity index (χ1) is 8.08. The Kier molecular flexibility index (Phi) is 3.60. The summed E-state index contributed by atoms with van der Waals surface area (Å²) in [5, 5.41) is 0.341. The fourth-order valence-electron chi connectivity index (χ4n) is 1.46. The quantitative estimate of drug-likeness (QED) is 0.748. The molecular weight excluding hydrogens is 306 g/mol. The zero-order valence-electron chi connectivity index (χ0n) is 8.58. The lowest BCUT2D eigenvalue weighted by Gasteiger charge is -2.04. The topological polar surface area (TPSA) is 17.1 Å². The van der Waals surface area contributed by atoms with Crippen molar-refractivity contribution in [3.8, 4) is 0 Å². The Morgan fingerprint density at radius 3 is 2.59 bits per heavy atom. The standard InChI is InChI=1S/C13H7BrClFO/c14-9-4-5-11(12(15)7-9)13(17)8-2-1-3-10(16)6-8/h1-7H. The molecule has 2 aromatic rings. The Morgan fingerprint density at radius 2 is 1.94 bits per heavy atom. The molecule has 2 rings (SSSR count). The molecule has 0 fully saturated rings. The summed E-state index contributed by atoms with van der Waals surface area (Å²) in [6, 6.07) is 10.5. The molecule has 0 aliphatic rings. The van der Waals surface area contributed by atoms with Crippen molar-refractivity contribution in [1.29, 1.82) is 0 Å². The molecule has 1 nitrogen and oxygen atoms in total. The van der Waals surface area contributed by atoms with Crippen molar-refractivity contribution in [2.45, 2.75) is 0 Å². The summed E-state index contributed by atoms with van der Waals surface area (Å²) < 4.78 is 13.8. The minimum atomic E-state index is -0.441. The smallest absolute Gasteiger partial charge is 0.194 e. The van der Waals surface area contributed by atoms with Crippen LogP contribution in [0.25, 0.3) is 0 Å². The van der Waals surface area contributed by atoms with Gasteiger partial charge in [-0.25, -0.2) is 4.39 Å².